The number of rotatable bonds is 9. The largest absolute Gasteiger partial charge is 0.449 e. The number of anilines is 1. The molecule has 1 aromatic carbocycles. The van der Waals surface area contributed by atoms with Crippen LogP contribution in [0.3, 0.4) is 0 Å². The fourth-order valence-electron chi connectivity index (χ4n) is 3.39. The van der Waals surface area contributed by atoms with Gasteiger partial charge in [0, 0.05) is 12.7 Å². The Hall–Kier alpha value is -3.52. The third kappa shape index (κ3) is 6.76. The molecule has 3 rings (SSSR count). The van der Waals surface area contributed by atoms with Gasteiger partial charge in [-0.1, -0.05) is 30.3 Å². The summed E-state index contributed by atoms with van der Waals surface area (Å²) in [4.78, 5) is 39.7. The number of hydrogen-bond acceptors (Lipinski definition) is 10. The van der Waals surface area contributed by atoms with Gasteiger partial charge in [0.2, 0.25) is 0 Å². The van der Waals surface area contributed by atoms with Crippen molar-refractivity contribution in [1.29, 1.82) is 0 Å². The minimum Gasteiger partial charge on any atom is -0.449 e. The quantitative estimate of drug-likeness (QED) is 0.301. The summed E-state index contributed by atoms with van der Waals surface area (Å²) in [6.07, 6.45) is -3.69. The standard InChI is InChI=1S/C22H28N4O9/c1-22(32)17(28)15(12-27)35-18(22)26-10-8-16(24-19(26)29)25-21(31)33-11-5-9-23-20(30)34-13-14-6-3-2-4-7-14/h2-4,6-8,10,15,17-18,27-28,32H,5,9,11-13H2,1H3,(H,23,30)(H,24,25,29,31)/t15-,17-,18-,22-/m1/s1. The number of ether oxygens (including phenoxy) is 3. The molecule has 35 heavy (non-hydrogen) atoms. The lowest BCUT2D eigenvalue weighted by atomic mass is 9.96. The molecule has 0 radical (unpaired) electrons. The second-order valence-corrected chi connectivity index (χ2v) is 7.99. The number of aliphatic hydroxyl groups is 3. The van der Waals surface area contributed by atoms with Crippen LogP contribution in [0.25, 0.3) is 0 Å². The molecule has 1 aliphatic heterocycles. The molecule has 1 aliphatic rings. The van der Waals surface area contributed by atoms with Crippen molar-refractivity contribution in [3.63, 3.8) is 0 Å². The highest BCUT2D eigenvalue weighted by Gasteiger charge is 2.53. The van der Waals surface area contributed by atoms with E-state index in [0.29, 0.717) is 6.42 Å². The van der Waals surface area contributed by atoms with Crippen LogP contribution in [-0.4, -0.2) is 74.6 Å². The zero-order valence-electron chi connectivity index (χ0n) is 19.0. The summed E-state index contributed by atoms with van der Waals surface area (Å²) in [6.45, 7) is 1.07. The van der Waals surface area contributed by atoms with Crippen molar-refractivity contribution in [3.05, 3.63) is 58.6 Å². The lowest BCUT2D eigenvalue weighted by molar-refractivity contribution is -0.0986. The van der Waals surface area contributed by atoms with Crippen molar-refractivity contribution in [1.82, 2.24) is 14.9 Å². The van der Waals surface area contributed by atoms with Gasteiger partial charge in [0.05, 0.1) is 13.2 Å². The molecule has 0 saturated carbocycles. The smallest absolute Gasteiger partial charge is 0.412 e. The molecule has 2 heterocycles. The maximum atomic E-state index is 12.4. The molecule has 0 unspecified atom stereocenters. The molecule has 0 bridgehead atoms. The predicted molar refractivity (Wildman–Crippen MR) is 120 cm³/mol. The fourth-order valence-corrected chi connectivity index (χ4v) is 3.39. The Balaban J connectivity index is 1.39. The lowest BCUT2D eigenvalue weighted by Gasteiger charge is -2.27. The second-order valence-electron chi connectivity index (χ2n) is 7.99. The maximum absolute atomic E-state index is 12.4. The highest BCUT2D eigenvalue weighted by molar-refractivity contribution is 5.83. The third-order valence-electron chi connectivity index (χ3n) is 5.28. The van der Waals surface area contributed by atoms with Gasteiger partial charge in [0.1, 0.15) is 30.2 Å². The summed E-state index contributed by atoms with van der Waals surface area (Å²) >= 11 is 0. The summed E-state index contributed by atoms with van der Waals surface area (Å²) < 4.78 is 16.4. The van der Waals surface area contributed by atoms with E-state index in [0.717, 1.165) is 10.1 Å². The van der Waals surface area contributed by atoms with Gasteiger partial charge in [-0.05, 0) is 25.0 Å². The van der Waals surface area contributed by atoms with Crippen LogP contribution in [0.2, 0.25) is 0 Å². The van der Waals surface area contributed by atoms with Gasteiger partial charge in [-0.2, -0.15) is 4.98 Å². The summed E-state index contributed by atoms with van der Waals surface area (Å²) in [7, 11) is 0. The molecule has 190 valence electrons. The first kappa shape index (κ1) is 26.1. The van der Waals surface area contributed by atoms with Crippen molar-refractivity contribution in [2.45, 2.75) is 44.0 Å². The van der Waals surface area contributed by atoms with Gasteiger partial charge < -0.3 is 34.8 Å². The SMILES string of the molecule is C[C@@]1(O)[C@H](O)[C@@H](CO)O[C@H]1n1ccc(NC(=O)OCCCNC(=O)OCc2ccccc2)nc1=O. The van der Waals surface area contributed by atoms with Crippen molar-refractivity contribution >= 4 is 18.0 Å². The Morgan fingerprint density at radius 2 is 1.94 bits per heavy atom. The second kappa shape index (κ2) is 11.8. The van der Waals surface area contributed by atoms with Gasteiger partial charge in [-0.3, -0.25) is 9.88 Å². The Morgan fingerprint density at radius 3 is 2.60 bits per heavy atom. The van der Waals surface area contributed by atoms with E-state index in [1.165, 1.54) is 19.2 Å². The van der Waals surface area contributed by atoms with E-state index < -0.39 is 48.5 Å². The van der Waals surface area contributed by atoms with Crippen LogP contribution < -0.4 is 16.3 Å². The summed E-state index contributed by atoms with van der Waals surface area (Å²) in [6, 6.07) is 10.5. The highest BCUT2D eigenvalue weighted by Crippen LogP contribution is 2.37. The minimum absolute atomic E-state index is 0.0128. The zero-order valence-corrected chi connectivity index (χ0v) is 19.0. The molecule has 13 nitrogen and oxygen atoms in total. The summed E-state index contributed by atoms with van der Waals surface area (Å²) in [5, 5.41) is 34.6. The maximum Gasteiger partial charge on any atom is 0.412 e. The molecule has 1 saturated heterocycles. The highest BCUT2D eigenvalue weighted by atomic mass is 16.6. The van der Waals surface area contributed by atoms with Crippen LogP contribution in [-0.2, 0) is 20.8 Å². The van der Waals surface area contributed by atoms with Crippen molar-refractivity contribution in [3.8, 4) is 0 Å². The average Bonchev–Trinajstić information content (AvgIpc) is 3.06. The average molecular weight is 492 g/mol. The molecule has 0 spiro atoms. The first-order valence-corrected chi connectivity index (χ1v) is 10.9. The molecule has 2 aromatic rings. The normalized spacial score (nSPS) is 23.5. The van der Waals surface area contributed by atoms with E-state index in [1.54, 1.807) is 0 Å². The Kier molecular flexibility index (Phi) is 8.76. The fraction of sp³-hybridized carbons (Fsp3) is 0.455. The zero-order chi connectivity index (χ0) is 25.4. The number of aromatic nitrogens is 2. The molecule has 2 amide bonds. The first-order chi connectivity index (χ1) is 16.7. The van der Waals surface area contributed by atoms with Crippen LogP contribution >= 0.6 is 0 Å². The Bertz CT molecular complexity index is 1060. The predicted octanol–water partition coefficient (Wildman–Crippen LogP) is 0.110. The molecule has 1 fully saturated rings. The first-order valence-electron chi connectivity index (χ1n) is 10.9. The Labute approximate surface area is 200 Å². The van der Waals surface area contributed by atoms with Crippen LogP contribution in [0.4, 0.5) is 15.4 Å². The van der Waals surface area contributed by atoms with Crippen LogP contribution in [0, 0.1) is 0 Å². The number of hydrogen-bond donors (Lipinski definition) is 5. The van der Waals surface area contributed by atoms with Crippen molar-refractivity contribution in [2.24, 2.45) is 0 Å². The van der Waals surface area contributed by atoms with Crippen LogP contribution in [0.5, 0.6) is 0 Å². The van der Waals surface area contributed by atoms with Gasteiger partial charge in [-0.15, -0.1) is 0 Å². The van der Waals surface area contributed by atoms with Gasteiger partial charge in [0.25, 0.3) is 0 Å². The van der Waals surface area contributed by atoms with Crippen LogP contribution in [0.1, 0.15) is 25.1 Å². The molecular weight excluding hydrogens is 464 g/mol. The number of amides is 2. The van der Waals surface area contributed by atoms with E-state index >= 15 is 0 Å². The lowest BCUT2D eigenvalue weighted by Crippen LogP contribution is -2.46. The molecule has 4 atom stereocenters. The number of carbonyl (C=O) groups is 2. The number of nitrogens with zero attached hydrogens (tertiary/aromatic N) is 2. The Morgan fingerprint density at radius 1 is 1.20 bits per heavy atom. The molecule has 0 aliphatic carbocycles. The monoisotopic (exact) mass is 492 g/mol. The summed E-state index contributed by atoms with van der Waals surface area (Å²) in [5.41, 5.74) is -1.86. The number of benzene rings is 1. The van der Waals surface area contributed by atoms with Gasteiger partial charge >= 0.3 is 17.9 Å². The van der Waals surface area contributed by atoms with E-state index in [1.807, 2.05) is 30.3 Å². The number of alkyl carbamates (subject to hydrolysis) is 1. The minimum atomic E-state index is -1.85. The summed E-state index contributed by atoms with van der Waals surface area (Å²) in [5.74, 6) is -0.101. The third-order valence-corrected chi connectivity index (χ3v) is 5.28. The van der Waals surface area contributed by atoms with Gasteiger partial charge in [-0.25, -0.2) is 14.4 Å². The molecule has 13 heteroatoms. The topological polar surface area (TPSA) is 181 Å². The molecule has 1 aromatic heterocycles. The number of carbonyl (C=O) groups excluding carboxylic acids is 2. The van der Waals surface area contributed by atoms with E-state index in [4.69, 9.17) is 14.2 Å². The number of aliphatic hydroxyl groups excluding tert-OH is 2. The van der Waals surface area contributed by atoms with Crippen molar-refractivity contribution < 1.29 is 39.1 Å². The van der Waals surface area contributed by atoms with Crippen molar-refractivity contribution in [2.75, 3.05) is 25.1 Å². The van der Waals surface area contributed by atoms with E-state index in [-0.39, 0.29) is 25.6 Å². The van der Waals surface area contributed by atoms with E-state index in [2.05, 4.69) is 15.6 Å². The van der Waals surface area contributed by atoms with Crippen LogP contribution in [0.15, 0.2) is 47.4 Å². The molecular formula is C22H28N4O9. The van der Waals surface area contributed by atoms with Gasteiger partial charge in [0.15, 0.2) is 6.23 Å². The number of nitrogens with one attached hydrogen (secondary N) is 2. The van der Waals surface area contributed by atoms with E-state index in [9.17, 15) is 29.7 Å². The molecule has 5 N–H and O–H groups in total.